The fraction of sp³-hybridized carbons (Fsp3) is 0.656. The molecule has 4 N–H and O–H groups in total. The van der Waals surface area contributed by atoms with Gasteiger partial charge in [-0.05, 0) is 80.2 Å². The van der Waals surface area contributed by atoms with Crippen LogP contribution in [0.2, 0.25) is 0 Å². The van der Waals surface area contributed by atoms with Crippen molar-refractivity contribution in [1.29, 1.82) is 0 Å². The molecule has 0 aromatic heterocycles. The van der Waals surface area contributed by atoms with Gasteiger partial charge < -0.3 is 26.0 Å². The van der Waals surface area contributed by atoms with E-state index >= 15 is 0 Å². The Kier molecular flexibility index (Phi) is 7.87. The number of nitrogens with zero attached hydrogens (tertiary/aromatic N) is 1. The van der Waals surface area contributed by atoms with Gasteiger partial charge in [0.15, 0.2) is 0 Å². The van der Waals surface area contributed by atoms with Crippen LogP contribution in [0.3, 0.4) is 0 Å². The molecule has 0 spiro atoms. The zero-order chi connectivity index (χ0) is 30.6. The fourth-order valence-corrected chi connectivity index (χ4v) is 7.36. The van der Waals surface area contributed by atoms with Crippen molar-refractivity contribution in [2.75, 3.05) is 6.54 Å². The van der Waals surface area contributed by atoms with Crippen LogP contribution in [-0.2, 0) is 36.8 Å². The number of fused-ring (bicyclic) bond motifs is 2. The van der Waals surface area contributed by atoms with E-state index < -0.39 is 47.4 Å². The predicted molar refractivity (Wildman–Crippen MR) is 155 cm³/mol. The molecule has 0 bridgehead atoms. The Morgan fingerprint density at radius 2 is 1.67 bits per heavy atom. The maximum Gasteiger partial charge on any atom is 0.408 e. The Morgan fingerprint density at radius 3 is 2.19 bits per heavy atom. The van der Waals surface area contributed by atoms with Crippen LogP contribution in [-0.4, -0.2) is 64.8 Å². The second-order valence-electron chi connectivity index (χ2n) is 14.3. The summed E-state index contributed by atoms with van der Waals surface area (Å²) < 4.78 is 5.53. The van der Waals surface area contributed by atoms with E-state index in [4.69, 9.17) is 10.5 Å². The number of ether oxygens (including phenoxy) is 1. The zero-order valence-electron chi connectivity index (χ0n) is 25.3. The van der Waals surface area contributed by atoms with E-state index in [1.165, 1.54) is 0 Å². The summed E-state index contributed by atoms with van der Waals surface area (Å²) in [5.41, 5.74) is 6.69. The van der Waals surface area contributed by atoms with Crippen molar-refractivity contribution < 1.29 is 28.7 Å². The molecule has 5 rings (SSSR count). The molecule has 3 fully saturated rings. The molecule has 1 heterocycles. The molecule has 1 aromatic rings. The normalized spacial score (nSPS) is 25.8. The molecule has 0 radical (unpaired) electrons. The van der Waals surface area contributed by atoms with Crippen LogP contribution in [0.25, 0.3) is 0 Å². The molecule has 1 saturated heterocycles. The summed E-state index contributed by atoms with van der Waals surface area (Å²) in [6.07, 6.45) is 3.82. The van der Waals surface area contributed by atoms with E-state index in [2.05, 4.69) is 24.5 Å². The molecule has 3 aliphatic carbocycles. The number of rotatable bonds is 9. The van der Waals surface area contributed by atoms with Gasteiger partial charge in [0.2, 0.25) is 17.6 Å². The van der Waals surface area contributed by atoms with E-state index in [9.17, 15) is 24.0 Å². The van der Waals surface area contributed by atoms with Crippen molar-refractivity contribution >= 4 is 29.6 Å². The summed E-state index contributed by atoms with van der Waals surface area (Å²) in [5, 5.41) is 5.67. The summed E-state index contributed by atoms with van der Waals surface area (Å²) in [6.45, 7) is 9.82. The second kappa shape index (κ2) is 11.0. The lowest BCUT2D eigenvalue weighted by Gasteiger charge is -2.36. The molecule has 4 aliphatic rings. The highest BCUT2D eigenvalue weighted by Crippen LogP contribution is 2.65. The molecule has 3 unspecified atom stereocenters. The van der Waals surface area contributed by atoms with E-state index in [0.29, 0.717) is 25.8 Å². The maximum atomic E-state index is 14.4. The Balaban J connectivity index is 1.39. The number of benzene rings is 1. The number of carbonyl (C=O) groups is 5. The number of nitrogens with one attached hydrogen (secondary N) is 2. The number of piperidine rings is 1. The Morgan fingerprint density at radius 1 is 1.05 bits per heavy atom. The minimum absolute atomic E-state index is 0.0996. The number of hydrogen-bond acceptors (Lipinski definition) is 6. The van der Waals surface area contributed by atoms with Gasteiger partial charge in [-0.1, -0.05) is 57.4 Å². The average Bonchev–Trinajstić information content (AvgIpc) is 3.25. The lowest BCUT2D eigenvalue weighted by Crippen LogP contribution is -2.60. The average molecular weight is 581 g/mol. The standard InChI is InChI=1S/C32H44N4O6/c1-31(2,3)42-30(41)35-24(20-14-18-11-6-7-12-19(18)15-20)29(40)36-16-21-23(32(21,4)5)25(36)28(39)34-22(26(37)27(33)38)13-17-9-8-10-17/h6-7,11-12,17,20-25H,8-10,13-16H2,1-5H3,(H2,33,38)(H,34,39)(H,35,41)/t21?,22?,23?,24-,25-/m0/s1. The smallest absolute Gasteiger partial charge is 0.408 e. The van der Waals surface area contributed by atoms with Gasteiger partial charge in [-0.2, -0.15) is 0 Å². The Hall–Kier alpha value is -3.43. The molecule has 42 heavy (non-hydrogen) atoms. The van der Waals surface area contributed by atoms with Gasteiger partial charge >= 0.3 is 6.09 Å². The van der Waals surface area contributed by atoms with E-state index in [0.717, 1.165) is 30.4 Å². The quantitative estimate of drug-likeness (QED) is 0.383. The summed E-state index contributed by atoms with van der Waals surface area (Å²) in [6, 6.07) is 5.25. The molecule has 4 amide bonds. The summed E-state index contributed by atoms with van der Waals surface area (Å²) in [5.74, 6) is -2.63. The van der Waals surface area contributed by atoms with Crippen molar-refractivity contribution in [3.8, 4) is 0 Å². The monoisotopic (exact) mass is 580 g/mol. The summed E-state index contributed by atoms with van der Waals surface area (Å²) in [4.78, 5) is 67.4. The Bertz CT molecular complexity index is 1260. The number of hydrogen-bond donors (Lipinski definition) is 3. The first-order valence-corrected chi connectivity index (χ1v) is 15.2. The lowest BCUT2D eigenvalue weighted by molar-refractivity contribution is -0.144. The van der Waals surface area contributed by atoms with Crippen molar-refractivity contribution in [1.82, 2.24) is 15.5 Å². The number of primary amides is 1. The van der Waals surface area contributed by atoms with E-state index in [1.807, 2.05) is 24.3 Å². The van der Waals surface area contributed by atoms with E-state index in [-0.39, 0.29) is 35.0 Å². The van der Waals surface area contributed by atoms with Crippen LogP contribution >= 0.6 is 0 Å². The lowest BCUT2D eigenvalue weighted by atomic mass is 9.80. The zero-order valence-corrected chi connectivity index (χ0v) is 25.3. The van der Waals surface area contributed by atoms with Crippen molar-refractivity contribution in [3.63, 3.8) is 0 Å². The molecule has 2 saturated carbocycles. The number of likely N-dealkylation sites (tertiary alicyclic amines) is 1. The van der Waals surface area contributed by atoms with Crippen molar-refractivity contribution in [3.05, 3.63) is 35.4 Å². The van der Waals surface area contributed by atoms with Gasteiger partial charge in [0.1, 0.15) is 17.7 Å². The summed E-state index contributed by atoms with van der Waals surface area (Å²) in [7, 11) is 0. The molecule has 1 aliphatic heterocycles. The van der Waals surface area contributed by atoms with Crippen LogP contribution in [0.1, 0.15) is 71.4 Å². The minimum Gasteiger partial charge on any atom is -0.444 e. The highest BCUT2D eigenvalue weighted by molar-refractivity contribution is 6.37. The third kappa shape index (κ3) is 5.90. The molecule has 1 aromatic carbocycles. The molecule has 10 nitrogen and oxygen atoms in total. The number of nitrogens with two attached hydrogens (primary N) is 1. The predicted octanol–water partition coefficient (Wildman–Crippen LogP) is 2.51. The van der Waals surface area contributed by atoms with Crippen LogP contribution in [0, 0.1) is 29.1 Å². The van der Waals surface area contributed by atoms with Gasteiger partial charge in [0, 0.05) is 6.54 Å². The number of carbonyl (C=O) groups excluding carboxylic acids is 5. The van der Waals surface area contributed by atoms with Crippen LogP contribution in [0.15, 0.2) is 24.3 Å². The minimum atomic E-state index is -1.08. The van der Waals surface area contributed by atoms with Gasteiger partial charge in [-0.25, -0.2) is 4.79 Å². The number of Topliss-reactive ketones (excluding diaryl/α,β-unsaturated/α-hetero) is 1. The molecular weight excluding hydrogens is 536 g/mol. The second-order valence-corrected chi connectivity index (χ2v) is 14.3. The van der Waals surface area contributed by atoms with Crippen LogP contribution in [0.4, 0.5) is 4.79 Å². The maximum absolute atomic E-state index is 14.4. The van der Waals surface area contributed by atoms with Crippen molar-refractivity contribution in [2.24, 2.45) is 34.8 Å². The first kappa shape index (κ1) is 30.0. The number of amides is 4. The van der Waals surface area contributed by atoms with Gasteiger partial charge in [-0.3, -0.25) is 19.2 Å². The molecule has 5 atom stereocenters. The largest absolute Gasteiger partial charge is 0.444 e. The highest BCUT2D eigenvalue weighted by atomic mass is 16.6. The van der Waals surface area contributed by atoms with Crippen LogP contribution in [0.5, 0.6) is 0 Å². The molecule has 10 heteroatoms. The van der Waals surface area contributed by atoms with Gasteiger partial charge in [0.05, 0.1) is 6.04 Å². The van der Waals surface area contributed by atoms with Gasteiger partial charge in [-0.15, -0.1) is 0 Å². The summed E-state index contributed by atoms with van der Waals surface area (Å²) >= 11 is 0. The first-order valence-electron chi connectivity index (χ1n) is 15.2. The topological polar surface area (TPSA) is 148 Å². The number of alkyl carbamates (subject to hydrolysis) is 1. The first-order chi connectivity index (χ1) is 19.7. The van der Waals surface area contributed by atoms with Crippen LogP contribution < -0.4 is 16.4 Å². The third-order valence-corrected chi connectivity index (χ3v) is 9.92. The fourth-order valence-electron chi connectivity index (χ4n) is 7.36. The SMILES string of the molecule is CC(C)(C)OC(=O)N[C@H](C(=O)N1CC2C([C@H]1C(=O)NC(CC1CCC1)C(=O)C(N)=O)C2(C)C)C1Cc2ccccc2C1. The van der Waals surface area contributed by atoms with Crippen molar-refractivity contribution in [2.45, 2.75) is 96.9 Å². The number of ketones is 1. The van der Waals surface area contributed by atoms with E-state index in [1.54, 1.807) is 25.7 Å². The molecular formula is C32H44N4O6. The molecule has 228 valence electrons. The third-order valence-electron chi connectivity index (χ3n) is 9.92. The highest BCUT2D eigenvalue weighted by Gasteiger charge is 2.69. The Labute approximate surface area is 247 Å². The van der Waals surface area contributed by atoms with Gasteiger partial charge in [0.25, 0.3) is 5.91 Å².